The number of hydrazone groups is 1. The molecule has 0 saturated carbocycles. The number of fused-ring (bicyclic) bond motifs is 1. The Labute approximate surface area is 208 Å². The molecule has 0 spiro atoms. The lowest BCUT2D eigenvalue weighted by Gasteiger charge is -2.10. The molecule has 36 heavy (non-hydrogen) atoms. The van der Waals surface area contributed by atoms with Crippen LogP contribution in [0.4, 0.5) is 0 Å². The number of nitrogens with one attached hydrogen (secondary N) is 2. The van der Waals surface area contributed by atoms with Crippen molar-refractivity contribution in [3.63, 3.8) is 0 Å². The predicted octanol–water partition coefficient (Wildman–Crippen LogP) is 3.80. The van der Waals surface area contributed by atoms with Crippen molar-refractivity contribution in [1.29, 1.82) is 0 Å². The fourth-order valence-electron chi connectivity index (χ4n) is 3.40. The summed E-state index contributed by atoms with van der Waals surface area (Å²) in [4.78, 5) is 24.9. The number of esters is 1. The van der Waals surface area contributed by atoms with Gasteiger partial charge in [0.05, 0.1) is 23.2 Å². The highest BCUT2D eigenvalue weighted by Gasteiger charge is 2.16. The van der Waals surface area contributed by atoms with E-state index < -0.39 is 28.4 Å². The fraction of sp³-hybridized carbons (Fsp3) is 0.0741. The van der Waals surface area contributed by atoms with Gasteiger partial charge in [-0.15, -0.1) is 0 Å². The smallest absolute Gasteiger partial charge is 0.343 e. The van der Waals surface area contributed by atoms with Crippen molar-refractivity contribution in [3.05, 3.63) is 108 Å². The van der Waals surface area contributed by atoms with Crippen LogP contribution in [-0.4, -0.2) is 33.1 Å². The van der Waals surface area contributed by atoms with Crippen LogP contribution in [0.5, 0.6) is 5.75 Å². The Morgan fingerprint density at radius 2 is 1.58 bits per heavy atom. The van der Waals surface area contributed by atoms with Crippen LogP contribution < -0.4 is 14.9 Å². The van der Waals surface area contributed by atoms with Gasteiger partial charge in [0.2, 0.25) is 10.0 Å². The SMILES string of the molecule is Cc1ccc(S(=O)(=O)NCC(=O)NN=Cc2c(OC(=O)c3ccccc3)ccc3ccccc23)cc1. The van der Waals surface area contributed by atoms with Crippen LogP contribution in [0.15, 0.2) is 101 Å². The maximum Gasteiger partial charge on any atom is 0.343 e. The Bertz CT molecular complexity index is 1530. The first-order chi connectivity index (χ1) is 17.3. The second-order valence-electron chi connectivity index (χ2n) is 7.88. The third-order valence-electron chi connectivity index (χ3n) is 5.28. The zero-order valence-corrected chi connectivity index (χ0v) is 20.2. The molecule has 4 aromatic carbocycles. The average Bonchev–Trinajstić information content (AvgIpc) is 2.89. The van der Waals surface area contributed by atoms with E-state index in [-0.39, 0.29) is 10.6 Å². The van der Waals surface area contributed by atoms with E-state index in [4.69, 9.17) is 4.74 Å². The lowest BCUT2D eigenvalue weighted by molar-refractivity contribution is -0.119. The lowest BCUT2D eigenvalue weighted by atomic mass is 10.0. The minimum Gasteiger partial charge on any atom is -0.422 e. The molecular formula is C27H23N3O5S. The molecule has 0 unspecified atom stereocenters. The molecule has 182 valence electrons. The normalized spacial score (nSPS) is 11.5. The summed E-state index contributed by atoms with van der Waals surface area (Å²) in [6.07, 6.45) is 1.36. The van der Waals surface area contributed by atoms with E-state index in [1.54, 1.807) is 48.5 Å². The van der Waals surface area contributed by atoms with Gasteiger partial charge in [-0.25, -0.2) is 23.4 Å². The molecule has 8 nitrogen and oxygen atoms in total. The molecule has 0 bridgehead atoms. The summed E-state index contributed by atoms with van der Waals surface area (Å²) in [5.41, 5.74) is 4.10. The number of ether oxygens (including phenoxy) is 1. The van der Waals surface area contributed by atoms with Gasteiger partial charge in [-0.2, -0.15) is 5.10 Å². The third kappa shape index (κ3) is 6.01. The van der Waals surface area contributed by atoms with Gasteiger partial charge < -0.3 is 4.74 Å². The van der Waals surface area contributed by atoms with Crippen LogP contribution in [0, 0.1) is 6.92 Å². The zero-order chi connectivity index (χ0) is 25.5. The minimum absolute atomic E-state index is 0.0602. The second-order valence-corrected chi connectivity index (χ2v) is 9.65. The largest absolute Gasteiger partial charge is 0.422 e. The van der Waals surface area contributed by atoms with Crippen molar-refractivity contribution in [2.45, 2.75) is 11.8 Å². The molecule has 0 saturated heterocycles. The number of rotatable bonds is 8. The van der Waals surface area contributed by atoms with E-state index in [0.717, 1.165) is 16.3 Å². The monoisotopic (exact) mass is 501 g/mol. The van der Waals surface area contributed by atoms with Crippen LogP contribution in [0.25, 0.3) is 10.8 Å². The molecular weight excluding hydrogens is 478 g/mol. The molecule has 0 heterocycles. The van der Waals surface area contributed by atoms with Gasteiger partial charge in [0.15, 0.2) is 0 Å². The van der Waals surface area contributed by atoms with Crippen LogP contribution in [0.3, 0.4) is 0 Å². The van der Waals surface area contributed by atoms with Gasteiger partial charge in [0.1, 0.15) is 5.75 Å². The van der Waals surface area contributed by atoms with Crippen molar-refractivity contribution < 1.29 is 22.7 Å². The first-order valence-electron chi connectivity index (χ1n) is 11.0. The Morgan fingerprint density at radius 1 is 0.889 bits per heavy atom. The number of carbonyl (C=O) groups is 2. The standard InChI is InChI=1S/C27H23N3O5S/c1-19-11-14-22(15-12-19)36(33,34)29-18-26(31)30-28-17-24-23-10-6-5-7-20(23)13-16-25(24)35-27(32)21-8-3-2-4-9-21/h2-17,29H,18H2,1H3,(H,30,31). The highest BCUT2D eigenvalue weighted by atomic mass is 32.2. The van der Waals surface area contributed by atoms with Crippen molar-refractivity contribution in [3.8, 4) is 5.75 Å². The number of carbonyl (C=O) groups excluding carboxylic acids is 2. The Kier molecular flexibility index (Phi) is 7.53. The van der Waals surface area contributed by atoms with Gasteiger partial charge in [-0.05, 0) is 48.0 Å². The van der Waals surface area contributed by atoms with Crippen molar-refractivity contribution in [2.24, 2.45) is 5.10 Å². The van der Waals surface area contributed by atoms with E-state index in [2.05, 4.69) is 15.2 Å². The number of nitrogens with zero attached hydrogens (tertiary/aromatic N) is 1. The third-order valence-corrected chi connectivity index (χ3v) is 6.70. The van der Waals surface area contributed by atoms with E-state index in [9.17, 15) is 18.0 Å². The lowest BCUT2D eigenvalue weighted by Crippen LogP contribution is -2.34. The Balaban J connectivity index is 1.48. The topological polar surface area (TPSA) is 114 Å². The maximum absolute atomic E-state index is 12.6. The van der Waals surface area contributed by atoms with E-state index in [0.29, 0.717) is 11.1 Å². The van der Waals surface area contributed by atoms with E-state index in [1.165, 1.54) is 18.3 Å². The minimum atomic E-state index is -3.84. The molecule has 0 radical (unpaired) electrons. The van der Waals surface area contributed by atoms with Crippen LogP contribution in [0.1, 0.15) is 21.5 Å². The Hall–Kier alpha value is -4.34. The molecule has 9 heteroatoms. The highest BCUT2D eigenvalue weighted by Crippen LogP contribution is 2.27. The number of benzene rings is 4. The van der Waals surface area contributed by atoms with Crippen molar-refractivity contribution in [2.75, 3.05) is 6.54 Å². The molecule has 0 aliphatic rings. The summed E-state index contributed by atoms with van der Waals surface area (Å²) in [5, 5.41) is 5.61. The molecule has 2 N–H and O–H groups in total. The molecule has 0 fully saturated rings. The Morgan fingerprint density at radius 3 is 2.33 bits per heavy atom. The number of aryl methyl sites for hydroxylation is 1. The zero-order valence-electron chi connectivity index (χ0n) is 19.3. The van der Waals surface area contributed by atoms with Crippen LogP contribution in [0.2, 0.25) is 0 Å². The summed E-state index contributed by atoms with van der Waals surface area (Å²) >= 11 is 0. The maximum atomic E-state index is 12.6. The molecule has 0 aliphatic carbocycles. The molecule has 1 amide bonds. The summed E-state index contributed by atoms with van der Waals surface area (Å²) in [5.74, 6) is -0.930. The van der Waals surface area contributed by atoms with Gasteiger partial charge in [-0.1, -0.05) is 66.2 Å². The first kappa shape index (κ1) is 24.8. The summed E-state index contributed by atoms with van der Waals surface area (Å²) < 4.78 is 32.6. The van der Waals surface area contributed by atoms with Gasteiger partial charge in [0.25, 0.3) is 5.91 Å². The average molecular weight is 502 g/mol. The number of amides is 1. The van der Waals surface area contributed by atoms with Gasteiger partial charge in [-0.3, -0.25) is 4.79 Å². The summed E-state index contributed by atoms with van der Waals surface area (Å²) in [6.45, 7) is 1.35. The second kappa shape index (κ2) is 10.9. The molecule has 0 aromatic heterocycles. The van der Waals surface area contributed by atoms with E-state index >= 15 is 0 Å². The number of hydrogen-bond donors (Lipinski definition) is 2. The quantitative estimate of drug-likeness (QED) is 0.165. The number of sulfonamides is 1. The predicted molar refractivity (Wildman–Crippen MR) is 137 cm³/mol. The summed E-state index contributed by atoms with van der Waals surface area (Å²) in [7, 11) is -3.84. The van der Waals surface area contributed by atoms with Crippen LogP contribution in [-0.2, 0) is 14.8 Å². The van der Waals surface area contributed by atoms with Crippen molar-refractivity contribution >= 4 is 38.9 Å². The highest BCUT2D eigenvalue weighted by molar-refractivity contribution is 7.89. The summed E-state index contributed by atoms with van der Waals surface area (Å²) in [6, 6.07) is 25.8. The van der Waals surface area contributed by atoms with Crippen LogP contribution >= 0.6 is 0 Å². The van der Waals surface area contributed by atoms with Gasteiger partial charge in [0, 0.05) is 5.56 Å². The van der Waals surface area contributed by atoms with E-state index in [1.807, 2.05) is 37.3 Å². The molecule has 0 atom stereocenters. The molecule has 0 aliphatic heterocycles. The first-order valence-corrected chi connectivity index (χ1v) is 12.5. The number of hydrogen-bond acceptors (Lipinski definition) is 6. The van der Waals surface area contributed by atoms with Crippen molar-refractivity contribution in [1.82, 2.24) is 10.1 Å². The molecule has 4 rings (SSSR count). The van der Waals surface area contributed by atoms with Gasteiger partial charge >= 0.3 is 5.97 Å². The molecule has 4 aromatic rings. The fourth-order valence-corrected chi connectivity index (χ4v) is 4.38.